The quantitative estimate of drug-likeness (QED) is 0.800. The molecule has 0 aromatic rings. The van der Waals surface area contributed by atoms with E-state index < -0.39 is 0 Å². The lowest BCUT2D eigenvalue weighted by atomic mass is 9.98. The summed E-state index contributed by atoms with van der Waals surface area (Å²) in [7, 11) is 2.07. The van der Waals surface area contributed by atoms with E-state index >= 15 is 0 Å². The average Bonchev–Trinajstić information content (AvgIpc) is 2.11. The summed E-state index contributed by atoms with van der Waals surface area (Å²) in [5.74, 6) is 0. The van der Waals surface area contributed by atoms with Crippen molar-refractivity contribution < 1.29 is 4.74 Å². The van der Waals surface area contributed by atoms with Crippen molar-refractivity contribution in [3.05, 3.63) is 0 Å². The highest BCUT2D eigenvalue weighted by molar-refractivity contribution is 4.90. The normalized spacial score (nSPS) is 25.8. The van der Waals surface area contributed by atoms with E-state index in [0.717, 1.165) is 19.6 Å². The van der Waals surface area contributed by atoms with Crippen LogP contribution in [0.25, 0.3) is 0 Å². The van der Waals surface area contributed by atoms with Crippen LogP contribution in [0.4, 0.5) is 0 Å². The summed E-state index contributed by atoms with van der Waals surface area (Å²) in [5, 5.41) is 3.42. The Morgan fingerprint density at radius 1 is 1.18 bits per heavy atom. The lowest BCUT2D eigenvalue weighted by Gasteiger charge is -2.48. The Labute approximate surface area is 107 Å². The number of hydrogen-bond donors (Lipinski definition) is 1. The predicted octanol–water partition coefficient (Wildman–Crippen LogP) is 2.26. The van der Waals surface area contributed by atoms with Crippen LogP contribution >= 0.6 is 0 Å². The van der Waals surface area contributed by atoms with Gasteiger partial charge in [0, 0.05) is 25.7 Å². The molecule has 1 N–H and O–H groups in total. The van der Waals surface area contributed by atoms with E-state index in [4.69, 9.17) is 4.74 Å². The lowest BCUT2D eigenvalue weighted by Crippen LogP contribution is -2.59. The second kappa shape index (κ2) is 5.68. The summed E-state index contributed by atoms with van der Waals surface area (Å²) in [4.78, 5) is 2.54. The molecule has 0 spiro atoms. The molecule has 0 aromatic heterocycles. The minimum absolute atomic E-state index is 0.0355. The van der Waals surface area contributed by atoms with Crippen molar-refractivity contribution in [2.75, 3.05) is 26.7 Å². The zero-order valence-corrected chi connectivity index (χ0v) is 12.5. The third-order valence-electron chi connectivity index (χ3n) is 3.29. The van der Waals surface area contributed by atoms with Gasteiger partial charge in [0.25, 0.3) is 0 Å². The number of morpholine rings is 1. The number of ether oxygens (including phenoxy) is 1. The van der Waals surface area contributed by atoms with Crippen LogP contribution in [0.2, 0.25) is 0 Å². The minimum atomic E-state index is -0.0355. The summed E-state index contributed by atoms with van der Waals surface area (Å²) in [5.41, 5.74) is -0.0709. The van der Waals surface area contributed by atoms with Gasteiger partial charge in [0.1, 0.15) is 0 Å². The number of nitrogens with one attached hydrogen (secondary N) is 1. The van der Waals surface area contributed by atoms with E-state index in [1.54, 1.807) is 0 Å². The van der Waals surface area contributed by atoms with Crippen LogP contribution in [0.3, 0.4) is 0 Å². The molecule has 0 radical (unpaired) electrons. The number of rotatable bonds is 5. The molecule has 0 amide bonds. The summed E-state index contributed by atoms with van der Waals surface area (Å²) in [6.07, 6.45) is 2.48. The molecule has 1 fully saturated rings. The number of nitrogens with zero attached hydrogens (tertiary/aromatic N) is 1. The van der Waals surface area contributed by atoms with E-state index in [1.807, 2.05) is 0 Å². The van der Waals surface area contributed by atoms with Crippen LogP contribution in [0.1, 0.15) is 47.5 Å². The van der Waals surface area contributed by atoms with Gasteiger partial charge < -0.3 is 10.1 Å². The molecule has 1 aliphatic rings. The van der Waals surface area contributed by atoms with Crippen LogP contribution in [0.5, 0.6) is 0 Å². The minimum Gasteiger partial charge on any atom is -0.367 e. The van der Waals surface area contributed by atoms with Crippen LogP contribution in [0, 0.1) is 0 Å². The Morgan fingerprint density at radius 3 is 2.12 bits per heavy atom. The SMILES string of the molecule is CCCC(CN1CC(C)(C)OC(C)(C)C1)NC. The Morgan fingerprint density at radius 2 is 1.71 bits per heavy atom. The first kappa shape index (κ1) is 14.9. The molecule has 102 valence electrons. The van der Waals surface area contributed by atoms with Crippen LogP contribution in [-0.4, -0.2) is 48.8 Å². The monoisotopic (exact) mass is 242 g/mol. The topological polar surface area (TPSA) is 24.5 Å². The fourth-order valence-corrected chi connectivity index (χ4v) is 3.06. The van der Waals surface area contributed by atoms with E-state index in [-0.39, 0.29) is 11.2 Å². The maximum Gasteiger partial charge on any atom is 0.0760 e. The van der Waals surface area contributed by atoms with Gasteiger partial charge in [-0.05, 0) is 41.2 Å². The van der Waals surface area contributed by atoms with Crippen molar-refractivity contribution in [3.63, 3.8) is 0 Å². The van der Waals surface area contributed by atoms with Gasteiger partial charge in [0.05, 0.1) is 11.2 Å². The molecule has 0 bridgehead atoms. The average molecular weight is 242 g/mol. The fraction of sp³-hybridized carbons (Fsp3) is 1.00. The maximum absolute atomic E-state index is 6.10. The fourth-order valence-electron chi connectivity index (χ4n) is 3.06. The van der Waals surface area contributed by atoms with E-state index in [1.165, 1.54) is 12.8 Å². The molecule has 0 saturated carbocycles. The van der Waals surface area contributed by atoms with E-state index in [2.05, 4.69) is 51.9 Å². The van der Waals surface area contributed by atoms with Crippen LogP contribution in [-0.2, 0) is 4.74 Å². The van der Waals surface area contributed by atoms with Gasteiger partial charge in [0.2, 0.25) is 0 Å². The molecule has 1 atom stereocenters. The molecule has 0 aromatic carbocycles. The second-order valence-corrected chi connectivity index (χ2v) is 6.57. The molecule has 1 heterocycles. The molecular weight excluding hydrogens is 212 g/mol. The molecule has 1 aliphatic heterocycles. The summed E-state index contributed by atoms with van der Waals surface area (Å²) >= 11 is 0. The first-order chi connectivity index (χ1) is 7.78. The third kappa shape index (κ3) is 4.94. The van der Waals surface area contributed by atoms with Crippen molar-refractivity contribution in [2.45, 2.75) is 64.7 Å². The van der Waals surface area contributed by atoms with E-state index in [0.29, 0.717) is 6.04 Å². The van der Waals surface area contributed by atoms with Gasteiger partial charge in [-0.3, -0.25) is 4.90 Å². The summed E-state index contributed by atoms with van der Waals surface area (Å²) < 4.78 is 6.10. The smallest absolute Gasteiger partial charge is 0.0760 e. The van der Waals surface area contributed by atoms with Gasteiger partial charge in [0.15, 0.2) is 0 Å². The molecule has 1 saturated heterocycles. The van der Waals surface area contributed by atoms with Crippen LogP contribution in [0.15, 0.2) is 0 Å². The predicted molar refractivity (Wildman–Crippen MR) is 73.4 cm³/mol. The maximum atomic E-state index is 6.10. The Balaban J connectivity index is 2.58. The third-order valence-corrected chi connectivity index (χ3v) is 3.29. The standard InChI is InChI=1S/C14H30N2O/c1-7-8-12(15-6)9-16-10-13(2,3)17-14(4,5)11-16/h12,15H,7-11H2,1-6H3. The highest BCUT2D eigenvalue weighted by Gasteiger charge is 2.38. The number of hydrogen-bond acceptors (Lipinski definition) is 3. The highest BCUT2D eigenvalue weighted by atomic mass is 16.5. The highest BCUT2D eigenvalue weighted by Crippen LogP contribution is 2.28. The molecule has 3 heteroatoms. The molecule has 0 aliphatic carbocycles. The lowest BCUT2D eigenvalue weighted by molar-refractivity contribution is -0.181. The van der Waals surface area contributed by atoms with Gasteiger partial charge in [-0.1, -0.05) is 13.3 Å². The molecule has 17 heavy (non-hydrogen) atoms. The zero-order chi connectivity index (χ0) is 13.1. The Hall–Kier alpha value is -0.120. The Kier molecular flexibility index (Phi) is 4.99. The van der Waals surface area contributed by atoms with Crippen LogP contribution < -0.4 is 5.32 Å². The summed E-state index contributed by atoms with van der Waals surface area (Å²) in [6, 6.07) is 0.602. The number of likely N-dealkylation sites (N-methyl/N-ethyl adjacent to an activating group) is 1. The van der Waals surface area contributed by atoms with Crippen molar-refractivity contribution in [3.8, 4) is 0 Å². The van der Waals surface area contributed by atoms with Crippen molar-refractivity contribution in [2.24, 2.45) is 0 Å². The summed E-state index contributed by atoms with van der Waals surface area (Å²) in [6.45, 7) is 14.2. The molecular formula is C14H30N2O. The second-order valence-electron chi connectivity index (χ2n) is 6.57. The molecule has 3 nitrogen and oxygen atoms in total. The molecule has 1 unspecified atom stereocenters. The largest absolute Gasteiger partial charge is 0.367 e. The van der Waals surface area contributed by atoms with Gasteiger partial charge in [-0.15, -0.1) is 0 Å². The van der Waals surface area contributed by atoms with Gasteiger partial charge in [-0.25, -0.2) is 0 Å². The first-order valence-electron chi connectivity index (χ1n) is 6.88. The van der Waals surface area contributed by atoms with Crippen molar-refractivity contribution in [1.82, 2.24) is 10.2 Å². The first-order valence-corrected chi connectivity index (χ1v) is 6.88. The Bertz CT molecular complexity index is 222. The van der Waals surface area contributed by atoms with Crippen molar-refractivity contribution >= 4 is 0 Å². The van der Waals surface area contributed by atoms with Gasteiger partial charge >= 0.3 is 0 Å². The molecule has 1 rings (SSSR count). The van der Waals surface area contributed by atoms with E-state index in [9.17, 15) is 0 Å². The van der Waals surface area contributed by atoms with Crippen molar-refractivity contribution in [1.29, 1.82) is 0 Å². The van der Waals surface area contributed by atoms with Gasteiger partial charge in [-0.2, -0.15) is 0 Å². The zero-order valence-electron chi connectivity index (χ0n) is 12.5.